The van der Waals surface area contributed by atoms with E-state index >= 15 is 0 Å². The Kier molecular flexibility index (Phi) is 3.93. The summed E-state index contributed by atoms with van der Waals surface area (Å²) in [5.41, 5.74) is -0.799. The van der Waals surface area contributed by atoms with Crippen molar-refractivity contribution in [3.63, 3.8) is 0 Å². The molecular formula is C11H14BrNO3. The summed E-state index contributed by atoms with van der Waals surface area (Å²) in [7, 11) is 1.56. The molecule has 0 aliphatic heterocycles. The first kappa shape index (κ1) is 13.0. The molecule has 0 aliphatic rings. The second-order valence-electron chi connectivity index (χ2n) is 3.86. The van der Waals surface area contributed by atoms with Crippen LogP contribution in [0.4, 0.5) is 5.69 Å². The SMILES string of the molecule is COc1ccc(NC(=O)C(C)(C)O)cc1Br. The Morgan fingerprint density at radius 2 is 2.12 bits per heavy atom. The molecule has 5 heteroatoms. The molecule has 2 N–H and O–H groups in total. The molecule has 0 atom stereocenters. The number of anilines is 1. The number of methoxy groups -OCH3 is 1. The quantitative estimate of drug-likeness (QED) is 0.896. The van der Waals surface area contributed by atoms with E-state index in [1.165, 1.54) is 13.8 Å². The standard InChI is InChI=1S/C11H14BrNO3/c1-11(2,15)10(14)13-7-4-5-9(16-3)8(12)6-7/h4-6,15H,1-3H3,(H,13,14). The average molecular weight is 288 g/mol. The van der Waals surface area contributed by atoms with Crippen molar-refractivity contribution in [1.29, 1.82) is 0 Å². The second kappa shape index (κ2) is 4.84. The highest BCUT2D eigenvalue weighted by Crippen LogP contribution is 2.27. The maximum atomic E-state index is 11.5. The summed E-state index contributed by atoms with van der Waals surface area (Å²) >= 11 is 3.31. The number of nitrogens with one attached hydrogen (secondary N) is 1. The van der Waals surface area contributed by atoms with Gasteiger partial charge < -0.3 is 15.2 Å². The number of hydrogen-bond acceptors (Lipinski definition) is 3. The van der Waals surface area contributed by atoms with E-state index in [4.69, 9.17) is 4.74 Å². The molecule has 0 aliphatic carbocycles. The highest BCUT2D eigenvalue weighted by molar-refractivity contribution is 9.10. The third-order valence-electron chi connectivity index (χ3n) is 1.97. The predicted octanol–water partition coefficient (Wildman–Crippen LogP) is 2.17. The molecule has 0 heterocycles. The third kappa shape index (κ3) is 3.21. The van der Waals surface area contributed by atoms with Crippen LogP contribution in [0.3, 0.4) is 0 Å². The Balaban J connectivity index is 2.84. The minimum Gasteiger partial charge on any atom is -0.496 e. The number of ether oxygens (including phenoxy) is 1. The fraction of sp³-hybridized carbons (Fsp3) is 0.364. The molecule has 0 aromatic heterocycles. The van der Waals surface area contributed by atoms with E-state index < -0.39 is 11.5 Å². The highest BCUT2D eigenvalue weighted by atomic mass is 79.9. The van der Waals surface area contributed by atoms with Gasteiger partial charge in [-0.1, -0.05) is 0 Å². The van der Waals surface area contributed by atoms with E-state index in [1.54, 1.807) is 25.3 Å². The maximum absolute atomic E-state index is 11.5. The summed E-state index contributed by atoms with van der Waals surface area (Å²) in [6.07, 6.45) is 0. The van der Waals surface area contributed by atoms with Gasteiger partial charge in [0.1, 0.15) is 11.4 Å². The Labute approximate surface area is 103 Å². The number of carbonyl (C=O) groups is 1. The lowest BCUT2D eigenvalue weighted by Crippen LogP contribution is -2.36. The van der Waals surface area contributed by atoms with Crippen LogP contribution in [0.1, 0.15) is 13.8 Å². The minimum absolute atomic E-state index is 0.454. The monoisotopic (exact) mass is 287 g/mol. The van der Waals surface area contributed by atoms with Gasteiger partial charge in [0, 0.05) is 5.69 Å². The van der Waals surface area contributed by atoms with Crippen molar-refractivity contribution in [1.82, 2.24) is 0 Å². The van der Waals surface area contributed by atoms with Crippen LogP contribution in [0.2, 0.25) is 0 Å². The second-order valence-corrected chi connectivity index (χ2v) is 4.72. The van der Waals surface area contributed by atoms with Crippen LogP contribution >= 0.6 is 15.9 Å². The number of benzene rings is 1. The summed E-state index contributed by atoms with van der Waals surface area (Å²) in [6, 6.07) is 5.14. The smallest absolute Gasteiger partial charge is 0.255 e. The van der Waals surface area contributed by atoms with Crippen molar-refractivity contribution in [2.45, 2.75) is 19.4 Å². The van der Waals surface area contributed by atoms with Gasteiger partial charge in [0.2, 0.25) is 0 Å². The first-order chi connectivity index (χ1) is 7.34. The summed E-state index contributed by atoms with van der Waals surface area (Å²) in [6.45, 7) is 2.86. The maximum Gasteiger partial charge on any atom is 0.255 e. The minimum atomic E-state index is -1.40. The van der Waals surface area contributed by atoms with Gasteiger partial charge >= 0.3 is 0 Å². The van der Waals surface area contributed by atoms with Crippen molar-refractivity contribution in [3.05, 3.63) is 22.7 Å². The average Bonchev–Trinajstić information content (AvgIpc) is 2.16. The van der Waals surface area contributed by atoms with E-state index in [0.29, 0.717) is 11.4 Å². The zero-order chi connectivity index (χ0) is 12.3. The van der Waals surface area contributed by atoms with Gasteiger partial charge in [0.05, 0.1) is 11.6 Å². The van der Waals surface area contributed by atoms with Gasteiger partial charge in [0.25, 0.3) is 5.91 Å². The summed E-state index contributed by atoms with van der Waals surface area (Å²) in [5.74, 6) is 0.228. The number of hydrogen-bond donors (Lipinski definition) is 2. The molecule has 0 unspecified atom stereocenters. The van der Waals surface area contributed by atoms with Gasteiger partial charge in [-0.3, -0.25) is 4.79 Å². The largest absolute Gasteiger partial charge is 0.496 e. The van der Waals surface area contributed by atoms with Crippen molar-refractivity contribution < 1.29 is 14.6 Å². The third-order valence-corrected chi connectivity index (χ3v) is 2.59. The molecule has 1 rings (SSSR count). The topological polar surface area (TPSA) is 58.6 Å². The molecule has 88 valence electrons. The lowest BCUT2D eigenvalue weighted by molar-refractivity contribution is -0.130. The molecule has 0 radical (unpaired) electrons. The van der Waals surface area contributed by atoms with Gasteiger partial charge in [-0.05, 0) is 48.0 Å². The summed E-state index contributed by atoms with van der Waals surface area (Å²) in [4.78, 5) is 11.5. The Morgan fingerprint density at radius 1 is 1.50 bits per heavy atom. The zero-order valence-electron chi connectivity index (χ0n) is 9.37. The van der Waals surface area contributed by atoms with Crippen LogP contribution in [0.25, 0.3) is 0 Å². The van der Waals surface area contributed by atoms with Gasteiger partial charge in [-0.25, -0.2) is 0 Å². The fourth-order valence-corrected chi connectivity index (χ4v) is 1.57. The number of aliphatic hydroxyl groups is 1. The van der Waals surface area contributed by atoms with Gasteiger partial charge in [0.15, 0.2) is 0 Å². The Bertz CT molecular complexity index is 399. The number of halogens is 1. The lowest BCUT2D eigenvalue weighted by Gasteiger charge is -2.17. The fourth-order valence-electron chi connectivity index (χ4n) is 1.03. The zero-order valence-corrected chi connectivity index (χ0v) is 11.0. The molecule has 16 heavy (non-hydrogen) atoms. The first-order valence-corrected chi connectivity index (χ1v) is 5.51. The van der Waals surface area contributed by atoms with Crippen LogP contribution in [0, 0.1) is 0 Å². The summed E-state index contributed by atoms with van der Waals surface area (Å²) < 4.78 is 5.80. The van der Waals surface area contributed by atoms with E-state index in [2.05, 4.69) is 21.2 Å². The van der Waals surface area contributed by atoms with E-state index in [-0.39, 0.29) is 0 Å². The normalized spacial score (nSPS) is 11.1. The van der Waals surface area contributed by atoms with E-state index in [9.17, 15) is 9.90 Å². The molecule has 4 nitrogen and oxygen atoms in total. The molecule has 0 bridgehead atoms. The number of amides is 1. The molecule has 1 amide bonds. The van der Waals surface area contributed by atoms with Crippen molar-refractivity contribution in [2.24, 2.45) is 0 Å². The highest BCUT2D eigenvalue weighted by Gasteiger charge is 2.23. The lowest BCUT2D eigenvalue weighted by atomic mass is 10.1. The van der Waals surface area contributed by atoms with Gasteiger partial charge in [-0.15, -0.1) is 0 Å². The van der Waals surface area contributed by atoms with Crippen LogP contribution in [-0.4, -0.2) is 23.7 Å². The number of carbonyl (C=O) groups excluding carboxylic acids is 1. The molecule has 1 aromatic rings. The summed E-state index contributed by atoms with van der Waals surface area (Å²) in [5, 5.41) is 12.1. The van der Waals surface area contributed by atoms with E-state index in [1.807, 2.05) is 0 Å². The van der Waals surface area contributed by atoms with Crippen molar-refractivity contribution in [3.8, 4) is 5.75 Å². The Morgan fingerprint density at radius 3 is 2.56 bits per heavy atom. The van der Waals surface area contributed by atoms with Gasteiger partial charge in [-0.2, -0.15) is 0 Å². The molecule has 0 spiro atoms. The van der Waals surface area contributed by atoms with Crippen molar-refractivity contribution >= 4 is 27.5 Å². The number of rotatable bonds is 3. The molecule has 0 saturated heterocycles. The van der Waals surface area contributed by atoms with Crippen molar-refractivity contribution in [2.75, 3.05) is 12.4 Å². The predicted molar refractivity (Wildman–Crippen MR) is 65.6 cm³/mol. The van der Waals surface area contributed by atoms with Crippen LogP contribution in [0.15, 0.2) is 22.7 Å². The van der Waals surface area contributed by atoms with Crippen LogP contribution in [-0.2, 0) is 4.79 Å². The van der Waals surface area contributed by atoms with E-state index in [0.717, 1.165) is 4.47 Å². The molecule has 1 aromatic carbocycles. The first-order valence-electron chi connectivity index (χ1n) is 4.72. The van der Waals surface area contributed by atoms with Crippen LogP contribution in [0.5, 0.6) is 5.75 Å². The Hall–Kier alpha value is -1.07. The molecular weight excluding hydrogens is 274 g/mol. The molecule has 0 fully saturated rings. The van der Waals surface area contributed by atoms with Crippen LogP contribution < -0.4 is 10.1 Å². The molecule has 0 saturated carbocycles.